The molecule has 4 rings (SSSR count). The van der Waals surface area contributed by atoms with Crippen molar-refractivity contribution in [2.24, 2.45) is 0 Å². The minimum absolute atomic E-state index is 0.155. The van der Waals surface area contributed by atoms with Crippen LogP contribution < -0.4 is 10.1 Å². The topological polar surface area (TPSA) is 58.6 Å². The lowest BCUT2D eigenvalue weighted by Gasteiger charge is -2.32. The Bertz CT molecular complexity index is 1330. The molecule has 1 N–H and O–H groups in total. The second-order valence-corrected chi connectivity index (χ2v) is 9.21. The van der Waals surface area contributed by atoms with E-state index in [0.717, 1.165) is 33.9 Å². The average molecular weight is 495 g/mol. The van der Waals surface area contributed by atoms with Crippen molar-refractivity contribution in [3.63, 3.8) is 0 Å². The van der Waals surface area contributed by atoms with E-state index in [9.17, 15) is 9.59 Å². The summed E-state index contributed by atoms with van der Waals surface area (Å²) in [5.74, 6) is 0.263. The molecule has 0 aliphatic rings. The maximum absolute atomic E-state index is 13.8. The third kappa shape index (κ3) is 6.76. The fourth-order valence-corrected chi connectivity index (χ4v) is 4.43. The van der Waals surface area contributed by atoms with Crippen molar-refractivity contribution < 1.29 is 14.3 Å². The molecule has 0 radical (unpaired) electrons. The molecule has 190 valence electrons. The van der Waals surface area contributed by atoms with Crippen LogP contribution in [-0.2, 0) is 22.6 Å². The van der Waals surface area contributed by atoms with E-state index in [1.54, 1.807) is 4.90 Å². The number of hydrogen-bond acceptors (Lipinski definition) is 3. The van der Waals surface area contributed by atoms with Crippen LogP contribution in [0.3, 0.4) is 0 Å². The summed E-state index contributed by atoms with van der Waals surface area (Å²) in [6, 6.07) is 30.9. The first-order chi connectivity index (χ1) is 18.1. The van der Waals surface area contributed by atoms with E-state index in [-0.39, 0.29) is 18.4 Å². The molecule has 37 heavy (non-hydrogen) atoms. The molecule has 0 saturated heterocycles. The summed E-state index contributed by atoms with van der Waals surface area (Å²) in [4.78, 5) is 28.9. The monoisotopic (exact) mass is 494 g/mol. The number of nitrogens with zero attached hydrogens (tertiary/aromatic N) is 1. The van der Waals surface area contributed by atoms with Crippen molar-refractivity contribution >= 4 is 22.6 Å². The second-order valence-electron chi connectivity index (χ2n) is 9.21. The number of ether oxygens (including phenoxy) is 1. The molecular weight excluding hydrogens is 460 g/mol. The van der Waals surface area contributed by atoms with Crippen LogP contribution in [0.15, 0.2) is 97.1 Å². The molecule has 5 heteroatoms. The molecule has 0 aliphatic heterocycles. The Balaban J connectivity index is 1.64. The molecule has 0 heterocycles. The number of aryl methyl sites for hydroxylation is 1. The molecule has 0 fully saturated rings. The highest BCUT2D eigenvalue weighted by Crippen LogP contribution is 2.25. The number of rotatable bonds is 11. The van der Waals surface area contributed by atoms with Gasteiger partial charge in [-0.1, -0.05) is 97.9 Å². The smallest absolute Gasteiger partial charge is 0.261 e. The Kier molecular flexibility index (Phi) is 8.93. The highest BCUT2D eigenvalue weighted by atomic mass is 16.5. The summed E-state index contributed by atoms with van der Waals surface area (Å²) in [5, 5.41) is 5.01. The Morgan fingerprint density at radius 1 is 0.865 bits per heavy atom. The number of benzene rings is 4. The van der Waals surface area contributed by atoms with Gasteiger partial charge in [-0.2, -0.15) is 0 Å². The van der Waals surface area contributed by atoms with Gasteiger partial charge in [0.2, 0.25) is 5.91 Å². The van der Waals surface area contributed by atoms with Crippen molar-refractivity contribution in [2.45, 2.75) is 39.3 Å². The van der Waals surface area contributed by atoms with Gasteiger partial charge in [0.05, 0.1) is 0 Å². The highest BCUT2D eigenvalue weighted by molar-refractivity contribution is 5.90. The lowest BCUT2D eigenvalue weighted by Crippen LogP contribution is -2.51. The first-order valence-corrected chi connectivity index (χ1v) is 12.8. The number of nitrogens with one attached hydrogen (secondary N) is 1. The molecule has 4 aromatic carbocycles. The van der Waals surface area contributed by atoms with Gasteiger partial charge < -0.3 is 15.0 Å². The molecule has 4 aromatic rings. The van der Waals surface area contributed by atoms with Crippen molar-refractivity contribution in [1.82, 2.24) is 10.2 Å². The Hall–Kier alpha value is -4.12. The Morgan fingerprint density at radius 3 is 2.35 bits per heavy atom. The summed E-state index contributed by atoms with van der Waals surface area (Å²) in [6.07, 6.45) is 1.24. The quantitative estimate of drug-likeness (QED) is 0.291. The molecule has 0 saturated carbocycles. The third-order valence-electron chi connectivity index (χ3n) is 6.52. The first-order valence-electron chi connectivity index (χ1n) is 12.8. The number of carbonyl (C=O) groups is 2. The van der Waals surface area contributed by atoms with Crippen molar-refractivity contribution in [1.29, 1.82) is 0 Å². The molecule has 2 amide bonds. The van der Waals surface area contributed by atoms with E-state index in [0.29, 0.717) is 25.3 Å². The summed E-state index contributed by atoms with van der Waals surface area (Å²) >= 11 is 0. The van der Waals surface area contributed by atoms with Gasteiger partial charge in [-0.05, 0) is 41.5 Å². The SMILES string of the molecule is CCCNC(=O)C(Cc1ccccc1)N(Cc1ccccc1C)C(=O)COc1cccc2ccccc12. The van der Waals surface area contributed by atoms with Gasteiger partial charge >= 0.3 is 0 Å². The Morgan fingerprint density at radius 2 is 1.57 bits per heavy atom. The van der Waals surface area contributed by atoms with Gasteiger partial charge in [0, 0.05) is 24.9 Å². The molecule has 1 unspecified atom stereocenters. The van der Waals surface area contributed by atoms with E-state index < -0.39 is 6.04 Å². The predicted molar refractivity (Wildman–Crippen MR) is 148 cm³/mol. The van der Waals surface area contributed by atoms with E-state index in [2.05, 4.69) is 5.32 Å². The predicted octanol–water partition coefficient (Wildman–Crippen LogP) is 5.69. The number of amides is 2. The maximum Gasteiger partial charge on any atom is 0.261 e. The van der Waals surface area contributed by atoms with Crippen molar-refractivity contribution in [2.75, 3.05) is 13.2 Å². The van der Waals surface area contributed by atoms with Gasteiger partial charge in [0.1, 0.15) is 11.8 Å². The lowest BCUT2D eigenvalue weighted by molar-refractivity contribution is -0.142. The minimum Gasteiger partial charge on any atom is -0.483 e. The van der Waals surface area contributed by atoms with Crippen LogP contribution in [0.4, 0.5) is 0 Å². The van der Waals surface area contributed by atoms with Gasteiger partial charge in [-0.3, -0.25) is 9.59 Å². The summed E-state index contributed by atoms with van der Waals surface area (Å²) in [7, 11) is 0. The zero-order valence-corrected chi connectivity index (χ0v) is 21.5. The zero-order chi connectivity index (χ0) is 26.0. The average Bonchev–Trinajstić information content (AvgIpc) is 2.93. The van der Waals surface area contributed by atoms with Crippen LogP contribution >= 0.6 is 0 Å². The molecular formula is C32H34N2O3. The first kappa shape index (κ1) is 26.0. The van der Waals surface area contributed by atoms with E-state index >= 15 is 0 Å². The summed E-state index contributed by atoms with van der Waals surface area (Å²) < 4.78 is 6.07. The number of carbonyl (C=O) groups excluding carboxylic acids is 2. The summed E-state index contributed by atoms with van der Waals surface area (Å²) in [5.41, 5.74) is 3.07. The van der Waals surface area contributed by atoms with Gasteiger partial charge in [0.25, 0.3) is 5.91 Å². The van der Waals surface area contributed by atoms with E-state index in [4.69, 9.17) is 4.74 Å². The zero-order valence-electron chi connectivity index (χ0n) is 21.5. The van der Waals surface area contributed by atoms with Crippen LogP contribution in [0.25, 0.3) is 10.8 Å². The van der Waals surface area contributed by atoms with Crippen LogP contribution in [0, 0.1) is 6.92 Å². The van der Waals surface area contributed by atoms with Crippen molar-refractivity contribution in [3.05, 3.63) is 114 Å². The fourth-order valence-electron chi connectivity index (χ4n) is 4.43. The third-order valence-corrected chi connectivity index (χ3v) is 6.52. The van der Waals surface area contributed by atoms with Crippen LogP contribution in [-0.4, -0.2) is 35.9 Å². The molecule has 0 aliphatic carbocycles. The largest absolute Gasteiger partial charge is 0.483 e. The van der Waals surface area contributed by atoms with Crippen molar-refractivity contribution in [3.8, 4) is 5.75 Å². The molecule has 0 aromatic heterocycles. The van der Waals surface area contributed by atoms with Gasteiger partial charge in [0.15, 0.2) is 6.61 Å². The standard InChI is InChI=1S/C32H34N2O3/c1-3-20-33-32(36)29(21-25-13-5-4-6-14-25)34(22-27-16-8-7-12-24(27)2)31(35)23-37-30-19-11-17-26-15-9-10-18-28(26)30/h4-19,29H,3,20-23H2,1-2H3,(H,33,36). The molecule has 0 bridgehead atoms. The van der Waals surface area contributed by atoms with E-state index in [1.165, 1.54) is 0 Å². The van der Waals surface area contributed by atoms with Gasteiger partial charge in [-0.15, -0.1) is 0 Å². The number of hydrogen-bond donors (Lipinski definition) is 1. The van der Waals surface area contributed by atoms with Crippen LogP contribution in [0.2, 0.25) is 0 Å². The normalized spacial score (nSPS) is 11.6. The van der Waals surface area contributed by atoms with Gasteiger partial charge in [-0.25, -0.2) is 0 Å². The van der Waals surface area contributed by atoms with E-state index in [1.807, 2.05) is 111 Å². The fraction of sp³-hybridized carbons (Fsp3) is 0.250. The maximum atomic E-state index is 13.8. The lowest BCUT2D eigenvalue weighted by atomic mass is 10.0. The van der Waals surface area contributed by atoms with Crippen LogP contribution in [0.1, 0.15) is 30.0 Å². The Labute approximate surface area is 219 Å². The van der Waals surface area contributed by atoms with Crippen LogP contribution in [0.5, 0.6) is 5.75 Å². The minimum atomic E-state index is -0.669. The number of fused-ring (bicyclic) bond motifs is 1. The summed E-state index contributed by atoms with van der Waals surface area (Å²) in [6.45, 7) is 4.76. The molecule has 0 spiro atoms. The highest BCUT2D eigenvalue weighted by Gasteiger charge is 2.31. The molecule has 5 nitrogen and oxygen atoms in total. The second kappa shape index (κ2) is 12.7. The molecule has 1 atom stereocenters.